The number of carbonyl (C=O) groups excluding carboxylic acids is 1. The molecule has 1 N–H and O–H groups in total. The summed E-state index contributed by atoms with van der Waals surface area (Å²) in [6.45, 7) is 1.99. The summed E-state index contributed by atoms with van der Waals surface area (Å²) in [4.78, 5) is 21.0. The lowest BCUT2D eigenvalue weighted by molar-refractivity contribution is -0.116. The van der Waals surface area contributed by atoms with Crippen LogP contribution in [0.2, 0.25) is 0 Å². The maximum atomic E-state index is 12.2. The Balaban J connectivity index is 1.26. The molecule has 29 heavy (non-hydrogen) atoms. The number of amides is 1. The van der Waals surface area contributed by atoms with Crippen molar-refractivity contribution in [2.24, 2.45) is 0 Å². The zero-order chi connectivity index (χ0) is 20.1. The Bertz CT molecular complexity index is 1080. The molecule has 4 aromatic rings. The molecule has 0 radical (unpaired) electrons. The maximum absolute atomic E-state index is 12.2. The lowest BCUT2D eigenvalue weighted by Crippen LogP contribution is -2.11. The van der Waals surface area contributed by atoms with E-state index < -0.39 is 0 Å². The first-order chi connectivity index (χ1) is 14.2. The van der Waals surface area contributed by atoms with Gasteiger partial charge in [-0.3, -0.25) is 4.79 Å². The van der Waals surface area contributed by atoms with Crippen molar-refractivity contribution in [2.45, 2.75) is 26.2 Å². The highest BCUT2D eigenvalue weighted by molar-refractivity contribution is 7.09. The first kappa shape index (κ1) is 19.1. The van der Waals surface area contributed by atoms with Gasteiger partial charge in [-0.2, -0.15) is 0 Å². The number of hydrogen-bond donors (Lipinski definition) is 1. The molecule has 2 aromatic carbocycles. The third-order valence-electron chi connectivity index (χ3n) is 4.49. The normalized spacial score (nSPS) is 10.8. The van der Waals surface area contributed by atoms with Gasteiger partial charge < -0.3 is 9.73 Å². The monoisotopic (exact) mass is 403 g/mol. The van der Waals surface area contributed by atoms with Crippen LogP contribution in [0.4, 0.5) is 5.69 Å². The van der Waals surface area contributed by atoms with E-state index in [0.29, 0.717) is 25.2 Å². The van der Waals surface area contributed by atoms with Gasteiger partial charge in [0.15, 0.2) is 11.7 Å². The maximum Gasteiger partial charge on any atom is 0.224 e. The Morgan fingerprint density at radius 3 is 2.59 bits per heavy atom. The topological polar surface area (TPSA) is 68.0 Å². The van der Waals surface area contributed by atoms with Crippen LogP contribution in [-0.2, 0) is 11.2 Å². The fraction of sp³-hybridized carbons (Fsp3) is 0.174. The summed E-state index contributed by atoms with van der Waals surface area (Å²) in [5.74, 6) is 1.39. The zero-order valence-electron chi connectivity index (χ0n) is 16.1. The zero-order valence-corrected chi connectivity index (χ0v) is 16.9. The molecule has 0 saturated heterocycles. The second-order valence-electron chi connectivity index (χ2n) is 6.72. The molecular formula is C23H21N3O2S. The molecule has 0 atom stereocenters. The summed E-state index contributed by atoms with van der Waals surface area (Å²) in [6, 6.07) is 17.6. The molecule has 4 rings (SSSR count). The number of rotatable bonds is 7. The van der Waals surface area contributed by atoms with Gasteiger partial charge in [0.25, 0.3) is 0 Å². The van der Waals surface area contributed by atoms with Gasteiger partial charge in [-0.05, 0) is 25.5 Å². The minimum atomic E-state index is -0.0166. The van der Waals surface area contributed by atoms with E-state index in [-0.39, 0.29) is 5.91 Å². The number of benzene rings is 2. The number of aryl methyl sites for hydroxylation is 2. The minimum absolute atomic E-state index is 0.0166. The van der Waals surface area contributed by atoms with Gasteiger partial charge in [0, 0.05) is 35.0 Å². The predicted octanol–water partition coefficient (Wildman–Crippen LogP) is 5.73. The van der Waals surface area contributed by atoms with Gasteiger partial charge in [-0.1, -0.05) is 42.5 Å². The molecule has 0 spiro atoms. The summed E-state index contributed by atoms with van der Waals surface area (Å²) in [7, 11) is 0. The Kier molecular flexibility index (Phi) is 5.81. The number of anilines is 1. The summed E-state index contributed by atoms with van der Waals surface area (Å²) in [6.07, 6.45) is 3.45. The molecule has 0 saturated carbocycles. The Morgan fingerprint density at radius 2 is 1.86 bits per heavy atom. The minimum Gasteiger partial charge on any atom is -0.441 e. The van der Waals surface area contributed by atoms with Crippen molar-refractivity contribution in [3.8, 4) is 22.6 Å². The van der Waals surface area contributed by atoms with Crippen molar-refractivity contribution in [1.29, 1.82) is 0 Å². The van der Waals surface area contributed by atoms with E-state index in [4.69, 9.17) is 4.42 Å². The van der Waals surface area contributed by atoms with Crippen LogP contribution in [-0.4, -0.2) is 15.9 Å². The van der Waals surface area contributed by atoms with Crippen molar-refractivity contribution in [1.82, 2.24) is 9.97 Å². The molecular weight excluding hydrogens is 382 g/mol. The fourth-order valence-electron chi connectivity index (χ4n) is 3.01. The van der Waals surface area contributed by atoms with E-state index in [1.54, 1.807) is 17.5 Å². The number of nitrogens with zero attached hydrogens (tertiary/aromatic N) is 2. The number of oxazole rings is 1. The van der Waals surface area contributed by atoms with Gasteiger partial charge in [0.2, 0.25) is 5.91 Å². The summed E-state index contributed by atoms with van der Waals surface area (Å²) in [5, 5.41) is 6.01. The van der Waals surface area contributed by atoms with E-state index >= 15 is 0 Å². The summed E-state index contributed by atoms with van der Waals surface area (Å²) < 4.78 is 5.78. The number of thiazole rings is 1. The SMILES string of the molecule is Cc1nc(-c2ccc(NC(=O)CCCc3ncc(-c4ccccc4)o3)cc2)cs1. The van der Waals surface area contributed by atoms with Crippen molar-refractivity contribution in [3.05, 3.63) is 77.1 Å². The average molecular weight is 404 g/mol. The van der Waals surface area contributed by atoms with Crippen LogP contribution < -0.4 is 5.32 Å². The number of nitrogens with one attached hydrogen (secondary N) is 1. The van der Waals surface area contributed by atoms with Crippen LogP contribution in [0.5, 0.6) is 0 Å². The molecule has 0 aliphatic rings. The van der Waals surface area contributed by atoms with Gasteiger partial charge in [0.05, 0.1) is 16.9 Å². The van der Waals surface area contributed by atoms with Crippen LogP contribution in [0.25, 0.3) is 22.6 Å². The molecule has 6 heteroatoms. The van der Waals surface area contributed by atoms with Crippen LogP contribution in [0.1, 0.15) is 23.7 Å². The van der Waals surface area contributed by atoms with Crippen LogP contribution in [0, 0.1) is 6.92 Å². The quantitative estimate of drug-likeness (QED) is 0.427. The molecule has 0 fully saturated rings. The van der Waals surface area contributed by atoms with E-state index in [0.717, 1.165) is 33.3 Å². The van der Waals surface area contributed by atoms with Crippen LogP contribution in [0.15, 0.2) is 70.6 Å². The second kappa shape index (κ2) is 8.84. The summed E-state index contributed by atoms with van der Waals surface area (Å²) in [5.41, 5.74) is 3.80. The highest BCUT2D eigenvalue weighted by Crippen LogP contribution is 2.23. The van der Waals surface area contributed by atoms with E-state index in [2.05, 4.69) is 15.3 Å². The first-order valence-corrected chi connectivity index (χ1v) is 10.4. The van der Waals surface area contributed by atoms with E-state index in [1.165, 1.54) is 0 Å². The van der Waals surface area contributed by atoms with Crippen LogP contribution >= 0.6 is 11.3 Å². The van der Waals surface area contributed by atoms with Gasteiger partial charge >= 0.3 is 0 Å². The lowest BCUT2D eigenvalue weighted by atomic mass is 10.1. The predicted molar refractivity (Wildman–Crippen MR) is 116 cm³/mol. The molecule has 0 bridgehead atoms. The third kappa shape index (κ3) is 4.97. The average Bonchev–Trinajstić information content (AvgIpc) is 3.39. The van der Waals surface area contributed by atoms with Crippen molar-refractivity contribution in [2.75, 3.05) is 5.32 Å². The number of hydrogen-bond acceptors (Lipinski definition) is 5. The number of aromatic nitrogens is 2. The van der Waals surface area contributed by atoms with Crippen molar-refractivity contribution in [3.63, 3.8) is 0 Å². The molecule has 1 amide bonds. The van der Waals surface area contributed by atoms with Crippen molar-refractivity contribution < 1.29 is 9.21 Å². The van der Waals surface area contributed by atoms with Gasteiger partial charge in [0.1, 0.15) is 0 Å². The fourth-order valence-corrected chi connectivity index (χ4v) is 3.63. The van der Waals surface area contributed by atoms with E-state index in [1.807, 2.05) is 66.9 Å². The molecule has 5 nitrogen and oxygen atoms in total. The highest BCUT2D eigenvalue weighted by atomic mass is 32.1. The lowest BCUT2D eigenvalue weighted by Gasteiger charge is -2.05. The Hall–Kier alpha value is -3.25. The van der Waals surface area contributed by atoms with Gasteiger partial charge in [-0.15, -0.1) is 11.3 Å². The van der Waals surface area contributed by atoms with Gasteiger partial charge in [-0.25, -0.2) is 9.97 Å². The third-order valence-corrected chi connectivity index (χ3v) is 5.26. The highest BCUT2D eigenvalue weighted by Gasteiger charge is 2.08. The number of carbonyl (C=O) groups is 1. The Labute approximate surface area is 173 Å². The first-order valence-electron chi connectivity index (χ1n) is 9.50. The molecule has 0 unspecified atom stereocenters. The van der Waals surface area contributed by atoms with Crippen molar-refractivity contribution >= 4 is 22.9 Å². The van der Waals surface area contributed by atoms with Crippen LogP contribution in [0.3, 0.4) is 0 Å². The van der Waals surface area contributed by atoms with E-state index in [9.17, 15) is 4.79 Å². The molecule has 146 valence electrons. The molecule has 0 aliphatic carbocycles. The summed E-state index contributed by atoms with van der Waals surface area (Å²) >= 11 is 1.63. The molecule has 2 heterocycles. The smallest absolute Gasteiger partial charge is 0.224 e. The molecule has 0 aliphatic heterocycles. The largest absolute Gasteiger partial charge is 0.441 e. The Morgan fingerprint density at radius 1 is 1.07 bits per heavy atom. The second-order valence-corrected chi connectivity index (χ2v) is 7.78. The molecule has 2 aromatic heterocycles. The standard InChI is InChI=1S/C23H21N3O2S/c1-16-25-20(15-29-16)17-10-12-19(13-11-17)26-22(27)8-5-9-23-24-14-21(28-23)18-6-3-2-4-7-18/h2-4,6-7,10-15H,5,8-9H2,1H3,(H,26,27).